The molecule has 0 saturated carbocycles. The maximum absolute atomic E-state index is 12.6. The molecule has 0 aliphatic carbocycles. The zero-order valence-electron chi connectivity index (χ0n) is 17.8. The summed E-state index contributed by atoms with van der Waals surface area (Å²) in [5, 5.41) is 15.1. The number of nitrogens with one attached hydrogen (secondary N) is 1. The molecule has 33 heavy (non-hydrogen) atoms. The van der Waals surface area contributed by atoms with Gasteiger partial charge in [-0.2, -0.15) is 4.68 Å². The summed E-state index contributed by atoms with van der Waals surface area (Å²) in [6, 6.07) is 12.4. The van der Waals surface area contributed by atoms with Gasteiger partial charge in [0, 0.05) is 30.4 Å². The number of aromatic nitrogens is 4. The highest BCUT2D eigenvalue weighted by molar-refractivity contribution is 7.99. The number of anilines is 1. The first-order valence-electron chi connectivity index (χ1n) is 10.7. The van der Waals surface area contributed by atoms with Crippen molar-refractivity contribution in [3.8, 4) is 17.2 Å². The van der Waals surface area contributed by atoms with Crippen LogP contribution in [0, 0.1) is 0 Å². The zero-order chi connectivity index (χ0) is 22.6. The van der Waals surface area contributed by atoms with E-state index in [0.717, 1.165) is 25.9 Å². The Labute approximate surface area is 194 Å². The molecule has 10 nitrogen and oxygen atoms in total. The SMILES string of the molecule is O=C(CSc1nnnn1-c1ccc2c(c1)OCO2)Nc1ccc(C(=O)N2CCCCC2)cc1. The van der Waals surface area contributed by atoms with Gasteiger partial charge in [-0.15, -0.1) is 5.10 Å². The Hall–Kier alpha value is -3.60. The monoisotopic (exact) mass is 466 g/mol. The van der Waals surface area contributed by atoms with E-state index in [1.165, 1.54) is 18.2 Å². The number of tetrazole rings is 1. The number of hydrogen-bond acceptors (Lipinski definition) is 8. The molecule has 2 amide bonds. The van der Waals surface area contributed by atoms with E-state index in [2.05, 4.69) is 20.8 Å². The van der Waals surface area contributed by atoms with E-state index in [0.29, 0.717) is 33.6 Å². The van der Waals surface area contributed by atoms with Crippen molar-refractivity contribution in [1.29, 1.82) is 0 Å². The molecule has 5 rings (SSSR count). The van der Waals surface area contributed by atoms with Crippen LogP contribution in [0.2, 0.25) is 0 Å². The first-order chi connectivity index (χ1) is 16.2. The summed E-state index contributed by atoms with van der Waals surface area (Å²) in [5.41, 5.74) is 1.97. The number of nitrogens with zero attached hydrogens (tertiary/aromatic N) is 5. The fraction of sp³-hybridized carbons (Fsp3) is 0.318. The number of carbonyl (C=O) groups is 2. The van der Waals surface area contributed by atoms with Crippen LogP contribution < -0.4 is 14.8 Å². The minimum atomic E-state index is -0.199. The van der Waals surface area contributed by atoms with Gasteiger partial charge >= 0.3 is 0 Å². The van der Waals surface area contributed by atoms with Gasteiger partial charge in [0.1, 0.15) is 0 Å². The lowest BCUT2D eigenvalue weighted by molar-refractivity contribution is -0.113. The van der Waals surface area contributed by atoms with Gasteiger partial charge in [-0.25, -0.2) is 0 Å². The average molecular weight is 467 g/mol. The lowest BCUT2D eigenvalue weighted by Crippen LogP contribution is -2.35. The van der Waals surface area contributed by atoms with Crippen molar-refractivity contribution in [2.24, 2.45) is 0 Å². The Bertz CT molecular complexity index is 1160. The van der Waals surface area contributed by atoms with Gasteiger partial charge in [0.2, 0.25) is 17.9 Å². The van der Waals surface area contributed by atoms with Crippen molar-refractivity contribution in [2.75, 3.05) is 31.0 Å². The minimum absolute atomic E-state index is 0.0403. The number of benzene rings is 2. The average Bonchev–Trinajstić information content (AvgIpc) is 3.52. The third-order valence-electron chi connectivity index (χ3n) is 5.43. The summed E-state index contributed by atoms with van der Waals surface area (Å²) in [4.78, 5) is 26.9. The molecule has 11 heteroatoms. The predicted octanol–water partition coefficient (Wildman–Crippen LogP) is 2.75. The van der Waals surface area contributed by atoms with Crippen LogP contribution in [-0.4, -0.2) is 62.6 Å². The molecule has 0 radical (unpaired) electrons. The molecule has 0 bridgehead atoms. The quantitative estimate of drug-likeness (QED) is 0.552. The van der Waals surface area contributed by atoms with Crippen LogP contribution in [-0.2, 0) is 4.79 Å². The number of fused-ring (bicyclic) bond motifs is 1. The van der Waals surface area contributed by atoms with Crippen LogP contribution in [0.3, 0.4) is 0 Å². The lowest BCUT2D eigenvalue weighted by atomic mass is 10.1. The third kappa shape index (κ3) is 4.77. The van der Waals surface area contributed by atoms with Crippen LogP contribution in [0.1, 0.15) is 29.6 Å². The van der Waals surface area contributed by atoms with E-state index in [-0.39, 0.29) is 24.4 Å². The highest BCUT2D eigenvalue weighted by Gasteiger charge is 2.19. The normalized spacial score (nSPS) is 14.8. The van der Waals surface area contributed by atoms with Crippen molar-refractivity contribution in [3.05, 3.63) is 48.0 Å². The van der Waals surface area contributed by atoms with Gasteiger partial charge in [-0.05, 0) is 66.1 Å². The Morgan fingerprint density at radius 3 is 2.61 bits per heavy atom. The fourth-order valence-electron chi connectivity index (χ4n) is 3.75. The molecule has 2 aromatic carbocycles. The Balaban J connectivity index is 1.17. The summed E-state index contributed by atoms with van der Waals surface area (Å²) < 4.78 is 12.3. The summed E-state index contributed by atoms with van der Waals surface area (Å²) in [6.07, 6.45) is 3.28. The molecule has 1 aromatic heterocycles. The molecule has 0 atom stereocenters. The van der Waals surface area contributed by atoms with E-state index in [1.54, 1.807) is 41.1 Å². The van der Waals surface area contributed by atoms with Crippen molar-refractivity contribution in [3.63, 3.8) is 0 Å². The molecule has 3 aromatic rings. The van der Waals surface area contributed by atoms with Gasteiger partial charge in [0.15, 0.2) is 11.5 Å². The number of carbonyl (C=O) groups excluding carboxylic acids is 2. The van der Waals surface area contributed by atoms with E-state index < -0.39 is 0 Å². The molecule has 1 fully saturated rings. The Kier molecular flexibility index (Phi) is 6.11. The maximum Gasteiger partial charge on any atom is 0.253 e. The largest absolute Gasteiger partial charge is 0.454 e. The second-order valence-corrected chi connectivity index (χ2v) is 8.62. The Morgan fingerprint density at radius 2 is 1.79 bits per heavy atom. The second kappa shape index (κ2) is 9.49. The molecule has 3 heterocycles. The van der Waals surface area contributed by atoms with Crippen LogP contribution in [0.5, 0.6) is 11.5 Å². The molecule has 2 aliphatic heterocycles. The van der Waals surface area contributed by atoms with Crippen molar-refractivity contribution in [1.82, 2.24) is 25.1 Å². The highest BCUT2D eigenvalue weighted by atomic mass is 32.2. The van der Waals surface area contributed by atoms with E-state index in [4.69, 9.17) is 9.47 Å². The molecule has 0 unspecified atom stereocenters. The second-order valence-electron chi connectivity index (χ2n) is 7.68. The van der Waals surface area contributed by atoms with Crippen LogP contribution in [0.4, 0.5) is 5.69 Å². The van der Waals surface area contributed by atoms with Gasteiger partial charge in [0.25, 0.3) is 5.91 Å². The van der Waals surface area contributed by atoms with Crippen molar-refractivity contribution < 1.29 is 19.1 Å². The van der Waals surface area contributed by atoms with E-state index >= 15 is 0 Å². The number of thioether (sulfide) groups is 1. The fourth-order valence-corrected chi connectivity index (χ4v) is 4.44. The van der Waals surface area contributed by atoms with Crippen LogP contribution >= 0.6 is 11.8 Å². The molecular weight excluding hydrogens is 444 g/mol. The highest BCUT2D eigenvalue weighted by Crippen LogP contribution is 2.34. The summed E-state index contributed by atoms with van der Waals surface area (Å²) in [5.74, 6) is 1.26. The maximum atomic E-state index is 12.6. The van der Waals surface area contributed by atoms with E-state index in [1.807, 2.05) is 11.0 Å². The standard InChI is InChI=1S/C22H22N6O4S/c29-20(23-16-6-4-15(5-7-16)21(30)27-10-2-1-3-11-27)13-33-22-24-25-26-28(22)17-8-9-18-19(12-17)32-14-31-18/h4-9,12H,1-3,10-11,13-14H2,(H,23,29). The number of ether oxygens (including phenoxy) is 2. The molecule has 170 valence electrons. The summed E-state index contributed by atoms with van der Waals surface area (Å²) in [7, 11) is 0. The minimum Gasteiger partial charge on any atom is -0.454 e. The van der Waals surface area contributed by atoms with Crippen molar-refractivity contribution in [2.45, 2.75) is 24.4 Å². The lowest BCUT2D eigenvalue weighted by Gasteiger charge is -2.26. The zero-order valence-corrected chi connectivity index (χ0v) is 18.6. The first kappa shape index (κ1) is 21.3. The molecule has 1 N–H and O–H groups in total. The van der Waals surface area contributed by atoms with Crippen LogP contribution in [0.25, 0.3) is 5.69 Å². The van der Waals surface area contributed by atoms with Crippen molar-refractivity contribution >= 4 is 29.3 Å². The number of piperidine rings is 1. The number of amides is 2. The number of likely N-dealkylation sites (tertiary alicyclic amines) is 1. The molecular formula is C22H22N6O4S. The smallest absolute Gasteiger partial charge is 0.253 e. The molecule has 0 spiro atoms. The van der Waals surface area contributed by atoms with Gasteiger partial charge in [-0.3, -0.25) is 9.59 Å². The predicted molar refractivity (Wildman–Crippen MR) is 121 cm³/mol. The molecule has 1 saturated heterocycles. The number of rotatable bonds is 6. The summed E-state index contributed by atoms with van der Waals surface area (Å²) >= 11 is 1.22. The Morgan fingerprint density at radius 1 is 1.00 bits per heavy atom. The van der Waals surface area contributed by atoms with Gasteiger partial charge < -0.3 is 19.7 Å². The number of hydrogen-bond donors (Lipinski definition) is 1. The third-order valence-corrected chi connectivity index (χ3v) is 6.35. The first-order valence-corrected chi connectivity index (χ1v) is 11.7. The summed E-state index contributed by atoms with van der Waals surface area (Å²) in [6.45, 7) is 1.80. The van der Waals surface area contributed by atoms with Gasteiger partial charge in [0.05, 0.1) is 11.4 Å². The van der Waals surface area contributed by atoms with Gasteiger partial charge in [-0.1, -0.05) is 11.8 Å². The van der Waals surface area contributed by atoms with E-state index in [9.17, 15) is 9.59 Å². The van der Waals surface area contributed by atoms with Crippen LogP contribution in [0.15, 0.2) is 47.6 Å². The molecule has 2 aliphatic rings. The topological polar surface area (TPSA) is 111 Å².